The molecule has 6 nitrogen and oxygen atoms in total. The first-order valence-corrected chi connectivity index (χ1v) is 10.9. The minimum absolute atomic E-state index is 0.0442. The van der Waals surface area contributed by atoms with Crippen molar-refractivity contribution in [1.82, 2.24) is 5.01 Å². The van der Waals surface area contributed by atoms with Crippen LogP contribution in [0.3, 0.4) is 0 Å². The quantitative estimate of drug-likeness (QED) is 0.303. The van der Waals surface area contributed by atoms with E-state index in [0.717, 1.165) is 27.1 Å². The molecule has 3 aromatic carbocycles. The third-order valence-electron chi connectivity index (χ3n) is 5.59. The zero-order valence-electron chi connectivity index (χ0n) is 16.5. The Bertz CT molecular complexity index is 1230. The van der Waals surface area contributed by atoms with Gasteiger partial charge in [-0.15, -0.1) is 0 Å². The fourth-order valence-corrected chi connectivity index (χ4v) is 4.59. The van der Waals surface area contributed by atoms with Crippen molar-refractivity contribution in [3.05, 3.63) is 103 Å². The summed E-state index contributed by atoms with van der Waals surface area (Å²) in [4.78, 5) is 10.9. The van der Waals surface area contributed by atoms with Crippen molar-refractivity contribution in [3.8, 4) is 5.75 Å². The molecule has 5 rings (SSSR count). The first kappa shape index (κ1) is 20.0. The van der Waals surface area contributed by atoms with Crippen LogP contribution in [0.2, 0.25) is 5.02 Å². The molecule has 0 aromatic heterocycles. The number of nitro groups is 1. The third-order valence-corrected chi connectivity index (χ3v) is 6.40. The predicted molar refractivity (Wildman–Crippen MR) is 123 cm³/mol. The summed E-state index contributed by atoms with van der Waals surface area (Å²) in [5, 5.41) is 18.3. The van der Waals surface area contributed by atoms with E-state index < -0.39 is 11.2 Å². The van der Waals surface area contributed by atoms with Crippen LogP contribution in [0.1, 0.15) is 40.9 Å². The molecule has 0 aliphatic carbocycles. The number of fused-ring (bicyclic) bond motifs is 3. The number of ether oxygens (including phenoxy) is 1. The van der Waals surface area contributed by atoms with Crippen LogP contribution in [-0.2, 0) is 0 Å². The van der Waals surface area contributed by atoms with Crippen molar-refractivity contribution in [2.24, 2.45) is 5.10 Å². The zero-order valence-corrected chi connectivity index (χ0v) is 18.8. The summed E-state index contributed by atoms with van der Waals surface area (Å²) in [6, 6.07) is 18.9. The van der Waals surface area contributed by atoms with Crippen molar-refractivity contribution < 1.29 is 9.66 Å². The minimum Gasteiger partial charge on any atom is -0.464 e. The maximum Gasteiger partial charge on any atom is 0.288 e. The highest BCUT2D eigenvalue weighted by atomic mass is 79.9. The second-order valence-corrected chi connectivity index (χ2v) is 8.96. The van der Waals surface area contributed by atoms with Gasteiger partial charge in [0.15, 0.2) is 0 Å². The predicted octanol–water partition coefficient (Wildman–Crippen LogP) is 6.56. The lowest BCUT2D eigenvalue weighted by molar-refractivity contribution is -0.384. The summed E-state index contributed by atoms with van der Waals surface area (Å²) >= 11 is 9.57. The van der Waals surface area contributed by atoms with Gasteiger partial charge >= 0.3 is 0 Å². The number of benzene rings is 3. The summed E-state index contributed by atoms with van der Waals surface area (Å²) in [7, 11) is 0. The number of hydrogen-bond acceptors (Lipinski definition) is 5. The van der Waals surface area contributed by atoms with E-state index >= 15 is 0 Å². The summed E-state index contributed by atoms with van der Waals surface area (Å²) in [5.41, 5.74) is 4.70. The lowest BCUT2D eigenvalue weighted by Gasteiger charge is -2.38. The fourth-order valence-electron chi connectivity index (χ4n) is 4.02. The van der Waals surface area contributed by atoms with Crippen molar-refractivity contribution in [2.75, 3.05) is 0 Å². The van der Waals surface area contributed by atoms with Crippen molar-refractivity contribution in [1.29, 1.82) is 0 Å². The van der Waals surface area contributed by atoms with Crippen LogP contribution < -0.4 is 4.74 Å². The van der Waals surface area contributed by atoms with Gasteiger partial charge in [-0.25, -0.2) is 5.01 Å². The maximum atomic E-state index is 11.4. The standard InChI is InChI=1S/C23H17BrClN3O3/c1-13-2-4-14(5-3-13)19-12-20-17-11-16(24)7-9-22(17)31-23(27(20)26-19)15-6-8-18(25)21(10-15)28(29)30/h2-11,20,23H,12H2,1H3/t20-,23-/m1/s1. The lowest BCUT2D eigenvalue weighted by atomic mass is 9.95. The molecule has 0 amide bonds. The van der Waals surface area contributed by atoms with Gasteiger partial charge in [-0.3, -0.25) is 10.1 Å². The fraction of sp³-hybridized carbons (Fsp3) is 0.174. The van der Waals surface area contributed by atoms with Gasteiger partial charge in [0.1, 0.15) is 10.8 Å². The van der Waals surface area contributed by atoms with Gasteiger partial charge in [-0.05, 0) is 36.8 Å². The zero-order chi connectivity index (χ0) is 21.7. The molecular formula is C23H17BrClN3O3. The Kier molecular flexibility index (Phi) is 4.95. The highest BCUT2D eigenvalue weighted by molar-refractivity contribution is 9.10. The molecule has 2 aliphatic heterocycles. The number of hydrogen-bond donors (Lipinski definition) is 0. The number of aryl methyl sites for hydroxylation is 1. The molecular weight excluding hydrogens is 482 g/mol. The average Bonchev–Trinajstić information content (AvgIpc) is 3.20. The van der Waals surface area contributed by atoms with Gasteiger partial charge in [0.05, 0.1) is 16.7 Å². The molecule has 0 bridgehead atoms. The first-order chi connectivity index (χ1) is 14.9. The van der Waals surface area contributed by atoms with E-state index in [2.05, 4.69) is 47.1 Å². The van der Waals surface area contributed by atoms with Crippen LogP contribution in [-0.4, -0.2) is 15.6 Å². The van der Waals surface area contributed by atoms with Crippen LogP contribution in [0, 0.1) is 17.0 Å². The molecule has 31 heavy (non-hydrogen) atoms. The highest BCUT2D eigenvalue weighted by Gasteiger charge is 2.41. The largest absolute Gasteiger partial charge is 0.464 e. The van der Waals surface area contributed by atoms with Crippen molar-refractivity contribution in [2.45, 2.75) is 25.6 Å². The van der Waals surface area contributed by atoms with E-state index in [1.165, 1.54) is 17.7 Å². The van der Waals surface area contributed by atoms with Gasteiger partial charge in [-0.2, -0.15) is 5.10 Å². The van der Waals surface area contributed by atoms with Gasteiger partial charge < -0.3 is 4.74 Å². The number of rotatable bonds is 3. The van der Waals surface area contributed by atoms with E-state index in [1.807, 2.05) is 23.2 Å². The average molecular weight is 499 g/mol. The molecule has 0 radical (unpaired) electrons. The van der Waals surface area contributed by atoms with Crippen LogP contribution in [0.5, 0.6) is 5.75 Å². The molecule has 0 saturated heterocycles. The monoisotopic (exact) mass is 497 g/mol. The van der Waals surface area contributed by atoms with Gasteiger partial charge in [-0.1, -0.05) is 63.4 Å². The Labute approximate surface area is 192 Å². The number of halogens is 2. The number of nitrogens with zero attached hydrogens (tertiary/aromatic N) is 3. The van der Waals surface area contributed by atoms with Gasteiger partial charge in [0.2, 0.25) is 6.23 Å². The molecule has 2 aliphatic rings. The Morgan fingerprint density at radius 3 is 2.68 bits per heavy atom. The first-order valence-electron chi connectivity index (χ1n) is 9.73. The lowest BCUT2D eigenvalue weighted by Crippen LogP contribution is -2.33. The summed E-state index contributed by atoms with van der Waals surface area (Å²) in [5.74, 6) is 0.743. The third kappa shape index (κ3) is 3.58. The van der Waals surface area contributed by atoms with Crippen molar-refractivity contribution in [3.63, 3.8) is 0 Å². The molecule has 3 aromatic rings. The Balaban J connectivity index is 1.61. The van der Waals surface area contributed by atoms with Crippen LogP contribution in [0.4, 0.5) is 5.69 Å². The van der Waals surface area contributed by atoms with Gasteiger partial charge in [0, 0.05) is 28.1 Å². The topological polar surface area (TPSA) is 68.0 Å². The normalized spacial score (nSPS) is 19.3. The molecule has 0 unspecified atom stereocenters. The number of nitro benzene ring substituents is 1. The Morgan fingerprint density at radius 1 is 1.16 bits per heavy atom. The smallest absolute Gasteiger partial charge is 0.288 e. The van der Waals surface area contributed by atoms with Gasteiger partial charge in [0.25, 0.3) is 5.69 Å². The highest BCUT2D eigenvalue weighted by Crippen LogP contribution is 2.48. The molecule has 2 heterocycles. The molecule has 156 valence electrons. The van der Waals surface area contributed by atoms with E-state index in [9.17, 15) is 10.1 Å². The molecule has 0 saturated carbocycles. The van der Waals surface area contributed by atoms with E-state index in [4.69, 9.17) is 21.4 Å². The Morgan fingerprint density at radius 2 is 1.94 bits per heavy atom. The van der Waals surface area contributed by atoms with Crippen LogP contribution >= 0.6 is 27.5 Å². The second-order valence-electron chi connectivity index (χ2n) is 7.63. The minimum atomic E-state index is -0.599. The molecule has 2 atom stereocenters. The summed E-state index contributed by atoms with van der Waals surface area (Å²) < 4.78 is 7.25. The summed E-state index contributed by atoms with van der Waals surface area (Å²) in [6.07, 6.45) is 0.111. The second kappa shape index (κ2) is 7.66. The number of hydrazone groups is 1. The van der Waals surface area contributed by atoms with Crippen molar-refractivity contribution >= 4 is 38.9 Å². The van der Waals surface area contributed by atoms with E-state index in [-0.39, 0.29) is 16.8 Å². The Hall–Kier alpha value is -2.90. The van der Waals surface area contributed by atoms with E-state index in [0.29, 0.717) is 12.0 Å². The molecule has 0 spiro atoms. The van der Waals surface area contributed by atoms with E-state index in [1.54, 1.807) is 6.07 Å². The molecule has 0 N–H and O–H groups in total. The SMILES string of the molecule is Cc1ccc(C2=NN3[C@H](C2)c2cc(Br)ccc2O[C@@H]3c2ccc(Cl)c([N+](=O)[O-])c2)cc1. The van der Waals surface area contributed by atoms with Crippen LogP contribution in [0.15, 0.2) is 70.2 Å². The molecule has 0 fully saturated rings. The summed E-state index contributed by atoms with van der Waals surface area (Å²) in [6.45, 7) is 2.05. The van der Waals surface area contributed by atoms with Crippen LogP contribution in [0.25, 0.3) is 0 Å². The maximum absolute atomic E-state index is 11.4. The molecule has 8 heteroatoms.